The highest BCUT2D eigenvalue weighted by Crippen LogP contribution is 2.39. The van der Waals surface area contributed by atoms with Crippen LogP contribution in [0.25, 0.3) is 11.1 Å². The number of amides is 3. The van der Waals surface area contributed by atoms with E-state index in [4.69, 9.17) is 4.74 Å². The molecule has 0 saturated carbocycles. The quantitative estimate of drug-likeness (QED) is 0.331. The molecule has 0 bridgehead atoms. The molecule has 3 amide bonds. The van der Waals surface area contributed by atoms with Gasteiger partial charge in [-0.15, -0.1) is 0 Å². The van der Waals surface area contributed by atoms with Gasteiger partial charge in [0.25, 0.3) is 5.91 Å². The van der Waals surface area contributed by atoms with E-state index in [1.165, 1.54) is 24.3 Å². The smallest absolute Gasteiger partial charge is 0.419 e. The minimum Gasteiger partial charge on any atom is -0.497 e. The van der Waals surface area contributed by atoms with Crippen LogP contribution < -0.4 is 20.3 Å². The molecule has 45 heavy (non-hydrogen) atoms. The molecule has 9 nitrogen and oxygen atoms in total. The van der Waals surface area contributed by atoms with Crippen molar-refractivity contribution in [2.45, 2.75) is 50.9 Å². The Hall–Kier alpha value is -4.61. The van der Waals surface area contributed by atoms with Crippen molar-refractivity contribution in [2.75, 3.05) is 37.0 Å². The Morgan fingerprint density at radius 2 is 1.82 bits per heavy atom. The summed E-state index contributed by atoms with van der Waals surface area (Å²) in [5.74, 6) is -0.102. The molecule has 236 valence electrons. The number of anilines is 2. The van der Waals surface area contributed by atoms with Gasteiger partial charge >= 0.3 is 6.18 Å². The maximum atomic E-state index is 14.1. The molecule has 3 aliphatic rings. The average molecular weight is 622 g/mol. The maximum Gasteiger partial charge on any atom is 0.419 e. The SMILES string of the molecule is COc1cccc(-c2cnc(N3CCC(CCNc4ccc5c(c4)CN(C4CCC(=O)NC4=O)C5=O)CC3)c(C(F)(F)F)c2)c1. The summed E-state index contributed by atoms with van der Waals surface area (Å²) in [6, 6.07) is 12.9. The number of alkyl halides is 3. The maximum absolute atomic E-state index is 14.1. The largest absolute Gasteiger partial charge is 0.497 e. The van der Waals surface area contributed by atoms with Crippen LogP contribution in [-0.4, -0.2) is 60.4 Å². The van der Waals surface area contributed by atoms with E-state index in [0.717, 1.165) is 30.5 Å². The van der Waals surface area contributed by atoms with Crippen LogP contribution in [0.4, 0.5) is 24.7 Å². The third-order valence-corrected chi connectivity index (χ3v) is 8.89. The topological polar surface area (TPSA) is 104 Å². The number of ether oxygens (including phenoxy) is 1. The first-order valence-corrected chi connectivity index (χ1v) is 15.1. The number of halogens is 3. The normalized spacial score (nSPS) is 19.0. The van der Waals surface area contributed by atoms with Crippen LogP contribution in [0.5, 0.6) is 5.75 Å². The number of methoxy groups -OCH3 is 1. The zero-order valence-corrected chi connectivity index (χ0v) is 24.8. The van der Waals surface area contributed by atoms with E-state index in [1.54, 1.807) is 35.2 Å². The molecule has 2 aromatic carbocycles. The third-order valence-electron chi connectivity index (χ3n) is 8.89. The van der Waals surface area contributed by atoms with Gasteiger partial charge in [0.15, 0.2) is 0 Å². The van der Waals surface area contributed by atoms with E-state index in [2.05, 4.69) is 15.6 Å². The van der Waals surface area contributed by atoms with Gasteiger partial charge in [0.1, 0.15) is 17.6 Å². The summed E-state index contributed by atoms with van der Waals surface area (Å²) in [5.41, 5.74) is 2.49. The zero-order chi connectivity index (χ0) is 31.7. The summed E-state index contributed by atoms with van der Waals surface area (Å²) >= 11 is 0. The molecule has 3 aromatic rings. The molecule has 0 aliphatic carbocycles. The molecular formula is C33H34F3N5O4. The predicted molar refractivity (Wildman–Crippen MR) is 162 cm³/mol. The van der Waals surface area contributed by atoms with E-state index >= 15 is 0 Å². The summed E-state index contributed by atoms with van der Waals surface area (Å²) in [6.07, 6.45) is -0.188. The lowest BCUT2D eigenvalue weighted by atomic mass is 9.93. The van der Waals surface area contributed by atoms with Gasteiger partial charge in [-0.1, -0.05) is 12.1 Å². The van der Waals surface area contributed by atoms with E-state index in [-0.39, 0.29) is 24.1 Å². The first-order valence-electron chi connectivity index (χ1n) is 15.1. The molecule has 1 aromatic heterocycles. The Morgan fingerprint density at radius 3 is 2.56 bits per heavy atom. The van der Waals surface area contributed by atoms with Crippen molar-refractivity contribution in [2.24, 2.45) is 5.92 Å². The van der Waals surface area contributed by atoms with Crippen molar-refractivity contribution in [1.29, 1.82) is 0 Å². The lowest BCUT2D eigenvalue weighted by molar-refractivity contribution is -0.138. The van der Waals surface area contributed by atoms with Crippen molar-refractivity contribution in [3.8, 4) is 16.9 Å². The van der Waals surface area contributed by atoms with Crippen molar-refractivity contribution >= 4 is 29.2 Å². The first kappa shape index (κ1) is 30.4. The molecule has 1 unspecified atom stereocenters. The number of fused-ring (bicyclic) bond motifs is 1. The number of rotatable bonds is 8. The monoisotopic (exact) mass is 621 g/mol. The Labute approximate surface area is 258 Å². The fourth-order valence-corrected chi connectivity index (χ4v) is 6.42. The van der Waals surface area contributed by atoms with Crippen molar-refractivity contribution in [3.63, 3.8) is 0 Å². The molecule has 1 atom stereocenters. The standard InChI is InChI=1S/C33H34F3N5O4/c1-45-25-4-2-3-21(16-25)22-17-27(33(34,35)36)30(38-18-22)40-13-10-20(11-14-40)9-12-37-24-5-6-26-23(15-24)19-41(32(26)44)28-7-8-29(42)39-31(28)43/h2-6,15-18,20,28,37H,7-14,19H2,1H3,(H,39,42,43). The number of nitrogens with one attached hydrogen (secondary N) is 2. The molecule has 2 fully saturated rings. The zero-order valence-electron chi connectivity index (χ0n) is 24.8. The molecule has 4 heterocycles. The van der Waals surface area contributed by atoms with E-state index < -0.39 is 23.7 Å². The Kier molecular flexibility index (Phi) is 8.39. The fraction of sp³-hybridized carbons (Fsp3) is 0.394. The fourth-order valence-electron chi connectivity index (χ4n) is 6.42. The van der Waals surface area contributed by atoms with Gasteiger partial charge in [0.05, 0.1) is 12.7 Å². The first-order chi connectivity index (χ1) is 21.6. The van der Waals surface area contributed by atoms with Gasteiger partial charge in [-0.05, 0) is 79.1 Å². The van der Waals surface area contributed by atoms with Crippen molar-refractivity contribution in [1.82, 2.24) is 15.2 Å². The lowest BCUT2D eigenvalue weighted by Gasteiger charge is -2.34. The molecule has 2 N–H and O–H groups in total. The summed E-state index contributed by atoms with van der Waals surface area (Å²) in [5, 5.41) is 5.72. The number of pyridine rings is 1. The van der Waals surface area contributed by atoms with E-state index in [9.17, 15) is 27.6 Å². The second-order valence-corrected chi connectivity index (χ2v) is 11.7. The van der Waals surface area contributed by atoms with E-state index in [0.29, 0.717) is 61.0 Å². The highest BCUT2D eigenvalue weighted by atomic mass is 19.4. The summed E-state index contributed by atoms with van der Waals surface area (Å²) in [7, 11) is 1.51. The predicted octanol–water partition coefficient (Wildman–Crippen LogP) is 5.26. The number of carbonyl (C=O) groups excluding carboxylic acids is 3. The number of hydrogen-bond donors (Lipinski definition) is 2. The van der Waals surface area contributed by atoms with Crippen LogP contribution >= 0.6 is 0 Å². The number of imide groups is 1. The Morgan fingerprint density at radius 1 is 1.02 bits per heavy atom. The van der Waals surface area contributed by atoms with Crippen LogP contribution in [0, 0.1) is 5.92 Å². The van der Waals surface area contributed by atoms with Crippen LogP contribution in [0.1, 0.15) is 53.6 Å². The minimum absolute atomic E-state index is 0.0373. The minimum atomic E-state index is -4.54. The second-order valence-electron chi connectivity index (χ2n) is 11.7. The highest BCUT2D eigenvalue weighted by molar-refractivity contribution is 6.05. The molecule has 2 saturated heterocycles. The highest BCUT2D eigenvalue weighted by Gasteiger charge is 2.39. The summed E-state index contributed by atoms with van der Waals surface area (Å²) in [4.78, 5) is 44.3. The van der Waals surface area contributed by atoms with Crippen molar-refractivity contribution in [3.05, 3.63) is 71.4 Å². The number of nitrogens with zero attached hydrogens (tertiary/aromatic N) is 3. The Balaban J connectivity index is 1.03. The van der Waals surface area contributed by atoms with Crippen molar-refractivity contribution < 1.29 is 32.3 Å². The molecule has 0 radical (unpaired) electrons. The Bertz CT molecular complexity index is 1620. The van der Waals surface area contributed by atoms with Crippen LogP contribution in [0.3, 0.4) is 0 Å². The van der Waals surface area contributed by atoms with Gasteiger partial charge in [-0.3, -0.25) is 19.7 Å². The third kappa shape index (κ3) is 6.45. The summed E-state index contributed by atoms with van der Waals surface area (Å²) in [6.45, 7) is 1.95. The van der Waals surface area contributed by atoms with E-state index in [1.807, 2.05) is 12.1 Å². The van der Waals surface area contributed by atoms with Gasteiger partial charge < -0.3 is 19.9 Å². The van der Waals surface area contributed by atoms with Crippen LogP contribution in [0.15, 0.2) is 54.7 Å². The van der Waals surface area contributed by atoms with Gasteiger partial charge in [0, 0.05) is 55.6 Å². The van der Waals surface area contributed by atoms with Crippen LogP contribution in [-0.2, 0) is 22.3 Å². The van der Waals surface area contributed by atoms with Crippen LogP contribution in [0.2, 0.25) is 0 Å². The second kappa shape index (κ2) is 12.4. The number of benzene rings is 2. The van der Waals surface area contributed by atoms with Gasteiger partial charge in [0.2, 0.25) is 11.8 Å². The number of piperidine rings is 2. The average Bonchev–Trinajstić information content (AvgIpc) is 3.35. The number of aromatic nitrogens is 1. The molecule has 3 aliphatic heterocycles. The molecule has 0 spiro atoms. The number of carbonyl (C=O) groups is 3. The number of hydrogen-bond acceptors (Lipinski definition) is 7. The van der Waals surface area contributed by atoms with Gasteiger partial charge in [-0.2, -0.15) is 13.2 Å². The molecular weight excluding hydrogens is 587 g/mol. The van der Waals surface area contributed by atoms with Gasteiger partial charge in [-0.25, -0.2) is 4.98 Å². The summed E-state index contributed by atoms with van der Waals surface area (Å²) < 4.78 is 47.7. The molecule has 12 heteroatoms. The lowest BCUT2D eigenvalue weighted by Crippen LogP contribution is -2.52. The molecule has 6 rings (SSSR count).